The highest BCUT2D eigenvalue weighted by Crippen LogP contribution is 2.58. The highest BCUT2D eigenvalue weighted by molar-refractivity contribution is 7.19. The van der Waals surface area contributed by atoms with Gasteiger partial charge in [-0.25, -0.2) is 8.78 Å². The first-order valence-corrected chi connectivity index (χ1v) is 55.4. The lowest BCUT2D eigenvalue weighted by Crippen LogP contribution is -2.16. The molecule has 18 heteroatoms. The average Bonchev–Trinajstić information content (AvgIpc) is 1.56. The van der Waals surface area contributed by atoms with Crippen LogP contribution in [0.3, 0.4) is 0 Å². The lowest BCUT2D eigenvalue weighted by atomic mass is 9.95. The van der Waals surface area contributed by atoms with Gasteiger partial charge in [0.15, 0.2) is 34.6 Å². The molecule has 0 aliphatic rings. The number of fused-ring (bicyclic) bond motifs is 4. The van der Waals surface area contributed by atoms with Gasteiger partial charge in [0.2, 0.25) is 0 Å². The molecule has 0 amide bonds. The van der Waals surface area contributed by atoms with Crippen molar-refractivity contribution in [1.29, 1.82) is 0 Å². The second kappa shape index (κ2) is 52.2. The Morgan fingerprint density at radius 2 is 0.617 bits per heavy atom. The predicted molar refractivity (Wildman–Crippen MR) is 550 cm³/mol. The molecule has 698 valence electrons. The molecule has 8 aromatic heterocycles. The first kappa shape index (κ1) is 100. The zero-order valence-electron chi connectivity index (χ0n) is 80.4. The zero-order valence-corrected chi connectivity index (χ0v) is 85.3. The molecule has 8 heterocycles. The van der Waals surface area contributed by atoms with Gasteiger partial charge in [0.1, 0.15) is 44.8 Å². The summed E-state index contributed by atoms with van der Waals surface area (Å²) in [5.74, 6) is 4.68. The van der Waals surface area contributed by atoms with Crippen molar-refractivity contribution in [1.82, 2.24) is 17.5 Å². The maximum absolute atomic E-state index is 18.1. The summed E-state index contributed by atoms with van der Waals surface area (Å²) in [7, 11) is 0. The van der Waals surface area contributed by atoms with Crippen LogP contribution in [-0.2, 0) is 12.8 Å². The van der Waals surface area contributed by atoms with Crippen molar-refractivity contribution >= 4 is 113 Å². The Morgan fingerprint density at radius 3 is 1.02 bits per heavy atom. The maximum Gasteiger partial charge on any atom is 0.175 e. The summed E-state index contributed by atoms with van der Waals surface area (Å²) in [4.78, 5) is 7.84. The Balaban J connectivity index is 1.02. The van der Waals surface area contributed by atoms with Gasteiger partial charge < -0.3 is 27.8 Å². The van der Waals surface area contributed by atoms with Gasteiger partial charge in [0.25, 0.3) is 0 Å². The van der Waals surface area contributed by atoms with Crippen molar-refractivity contribution < 1.29 is 36.6 Å². The molecule has 0 saturated heterocycles. The van der Waals surface area contributed by atoms with Gasteiger partial charge in [-0.05, 0) is 186 Å². The third kappa shape index (κ3) is 25.9. The fraction of sp³-hybridized carbons (Fsp3) is 0.600. The number of thiophene rings is 4. The van der Waals surface area contributed by atoms with E-state index >= 15 is 8.78 Å². The fourth-order valence-electron chi connectivity index (χ4n) is 19.2. The van der Waals surface area contributed by atoms with Crippen LogP contribution < -0.4 is 18.9 Å². The first-order chi connectivity index (χ1) is 62.7. The van der Waals surface area contributed by atoms with E-state index in [1.807, 2.05) is 46.9 Å². The molecule has 0 N–H and O–H groups in total. The standard InChI is InChI=1S/C110H152F2N4O6S6/c1-15-27-37-41-51-77(47-33-21-7)69-117-105-74(14)101-103(115-127-113-101)97(109(105)119-71-79(49-35-23-9)53-43-39-29-17-3)92-63-61-88(125-92)83-57-58-84(100(112)99(83)111)89-62-64-93(126-89)98-104-102(114-128-116-104)96(108(118-70-78(48-34-22-8)52-42-38-28-16-2)110(98)120-72-80(50-36-24-10)54-44-40-30-18-4)87-68-86-95(91-60-56-82(124-91)67-76(26-12)46-32-20-6)106-85(65-73(13)121-106)94(107(86)122-87)90-59-55-81(123-90)66-75(25-11)45-31-19-5/h55-65,68,75-80H,15-54,66-67,69-72H2,1-14H3. The van der Waals surface area contributed by atoms with Crippen molar-refractivity contribution in [3.8, 4) is 97.0 Å². The Morgan fingerprint density at radius 1 is 0.305 bits per heavy atom. The van der Waals surface area contributed by atoms with Crippen molar-refractivity contribution in [3.63, 3.8) is 0 Å². The summed E-state index contributed by atoms with van der Waals surface area (Å²) in [5, 5.41) is 2.00. The molecule has 6 atom stereocenters. The van der Waals surface area contributed by atoms with E-state index in [1.165, 1.54) is 171 Å². The van der Waals surface area contributed by atoms with Crippen LogP contribution in [0.15, 0.2) is 81.6 Å². The molecule has 4 aromatic carbocycles. The number of nitrogens with zero attached hydrogens (tertiary/aromatic N) is 4. The number of aromatic nitrogens is 4. The largest absolute Gasteiger partial charge is 0.489 e. The molecule has 12 rings (SSSR count). The van der Waals surface area contributed by atoms with Crippen molar-refractivity contribution in [2.45, 2.75) is 367 Å². The van der Waals surface area contributed by atoms with E-state index in [0.717, 1.165) is 240 Å². The number of unbranched alkanes of at least 4 members (excludes halogenated alkanes) is 18. The number of halogens is 2. The Labute approximate surface area is 791 Å². The molecular formula is C110H152F2N4O6S6. The number of rotatable bonds is 63. The molecule has 128 heavy (non-hydrogen) atoms. The molecule has 0 fully saturated rings. The number of ether oxygens (including phenoxy) is 4. The van der Waals surface area contributed by atoms with E-state index in [9.17, 15) is 0 Å². The second-order valence-corrected chi connectivity index (χ2v) is 42.8. The summed E-state index contributed by atoms with van der Waals surface area (Å²) in [5.41, 5.74) is 10.0. The fourth-order valence-corrected chi connectivity index (χ4v) is 24.8. The Bertz CT molecular complexity index is 5210. The van der Waals surface area contributed by atoms with Gasteiger partial charge in [-0.1, -0.05) is 289 Å². The van der Waals surface area contributed by atoms with Crippen LogP contribution in [0.4, 0.5) is 8.78 Å². The van der Waals surface area contributed by atoms with Crippen molar-refractivity contribution in [2.75, 3.05) is 26.4 Å². The van der Waals surface area contributed by atoms with E-state index in [1.54, 1.807) is 12.1 Å². The van der Waals surface area contributed by atoms with Crippen molar-refractivity contribution in [2.24, 2.45) is 35.5 Å². The number of aryl methyl sites for hydroxylation is 2. The summed E-state index contributed by atoms with van der Waals surface area (Å²) in [6, 6.07) is 25.3. The number of hydrogen-bond donors (Lipinski definition) is 0. The van der Waals surface area contributed by atoms with Crippen LogP contribution >= 0.6 is 68.8 Å². The van der Waals surface area contributed by atoms with E-state index in [-0.39, 0.29) is 23.0 Å². The minimum Gasteiger partial charge on any atom is -0.489 e. The van der Waals surface area contributed by atoms with Crippen LogP contribution in [0, 0.1) is 61.0 Å². The van der Waals surface area contributed by atoms with E-state index < -0.39 is 11.6 Å². The maximum atomic E-state index is 18.1. The molecule has 0 bridgehead atoms. The summed E-state index contributed by atoms with van der Waals surface area (Å²) in [6.45, 7) is 33.7. The smallest absolute Gasteiger partial charge is 0.175 e. The van der Waals surface area contributed by atoms with Gasteiger partial charge in [-0.15, -0.1) is 45.3 Å². The summed E-state index contributed by atoms with van der Waals surface area (Å²) in [6.07, 6.45) is 48.0. The molecule has 6 unspecified atom stereocenters. The molecular weight excluding hydrogens is 1700 g/mol. The highest BCUT2D eigenvalue weighted by atomic mass is 32.1. The monoisotopic (exact) mass is 1860 g/mol. The summed E-state index contributed by atoms with van der Waals surface area (Å²) < 4.78 is 102. The number of hydrogen-bond acceptors (Lipinski definition) is 16. The molecule has 0 spiro atoms. The Kier molecular flexibility index (Phi) is 41.0. The van der Waals surface area contributed by atoms with Crippen LogP contribution in [0.1, 0.15) is 361 Å². The van der Waals surface area contributed by atoms with Gasteiger partial charge in [-0.2, -0.15) is 17.5 Å². The predicted octanol–water partition coefficient (Wildman–Crippen LogP) is 38.1. The first-order valence-electron chi connectivity index (χ1n) is 50.7. The molecule has 12 aromatic rings. The average molecular weight is 1860 g/mol. The van der Waals surface area contributed by atoms with Gasteiger partial charge in [0.05, 0.1) is 66.6 Å². The lowest BCUT2D eigenvalue weighted by Gasteiger charge is -2.24. The quantitative estimate of drug-likeness (QED) is 0.0341. The Hall–Kier alpha value is -6.54. The minimum atomic E-state index is -0.913. The highest BCUT2D eigenvalue weighted by Gasteiger charge is 2.36. The van der Waals surface area contributed by atoms with E-state index in [2.05, 4.69) is 133 Å². The van der Waals surface area contributed by atoms with Crippen LogP contribution in [0.25, 0.3) is 118 Å². The number of furan rings is 2. The third-order valence-electron chi connectivity index (χ3n) is 27.1. The lowest BCUT2D eigenvalue weighted by molar-refractivity contribution is 0.193. The molecule has 0 aliphatic heterocycles. The SMILES string of the molecule is CCCCCCC(CCCC)COc1c(OCC(CCCC)CCCCCC)c(-c2ccc(-c3ccc(-c4ccc(-c5c(OCC(CCCC)CCCCCC)c(OCC(CCCC)CCCCCC)c(-c6cc7c(-c8ccc(CC(CC)CCCC)s8)c8oc(C)cc8c(-c8ccc(CC(CC)CCCC)s8)c7o6)c6nsnc56)s4)c(F)c3F)s2)c2nsnc2c1C. The second-order valence-electron chi connectivity index (χ2n) is 37.3. The van der Waals surface area contributed by atoms with Gasteiger partial charge >= 0.3 is 0 Å². The van der Waals surface area contributed by atoms with Crippen LogP contribution in [0.5, 0.6) is 23.0 Å². The minimum absolute atomic E-state index is 0.172. The zero-order chi connectivity index (χ0) is 90.3. The van der Waals surface area contributed by atoms with E-state index in [4.69, 9.17) is 45.3 Å². The summed E-state index contributed by atoms with van der Waals surface area (Å²) >= 11 is 8.97. The number of benzene rings is 4. The molecule has 10 nitrogen and oxygen atoms in total. The molecule has 0 saturated carbocycles. The van der Waals surface area contributed by atoms with Crippen LogP contribution in [-0.4, -0.2) is 43.9 Å². The third-order valence-corrected chi connectivity index (χ3v) is 32.7. The van der Waals surface area contributed by atoms with Crippen LogP contribution in [0.2, 0.25) is 0 Å². The van der Waals surface area contributed by atoms with Gasteiger partial charge in [0, 0.05) is 77.6 Å². The normalized spacial score (nSPS) is 13.5. The topological polar surface area (TPSA) is 115 Å². The van der Waals surface area contributed by atoms with Crippen molar-refractivity contribution in [3.05, 3.63) is 106 Å². The molecule has 0 aliphatic carbocycles. The molecule has 0 radical (unpaired) electrons. The van der Waals surface area contributed by atoms with E-state index in [0.29, 0.717) is 105 Å². The van der Waals surface area contributed by atoms with Gasteiger partial charge in [-0.3, -0.25) is 0 Å².